The summed E-state index contributed by atoms with van der Waals surface area (Å²) in [7, 11) is 3.10. The third-order valence-corrected chi connectivity index (χ3v) is 5.81. The van der Waals surface area contributed by atoms with Crippen LogP contribution >= 0.6 is 0 Å². The standard InChI is InChI=1S/C28H27NO6/c1-4-16-35-23-7-5-6-19(17-23)25-24(26(30)18-8-12-21(33-2)13-9-18)27(31)28(32)29(25)20-10-14-22(34-3)15-11-20/h5-15,17,25,30H,4,16H2,1-3H3/b26-24-. The number of rotatable bonds is 8. The highest BCUT2D eigenvalue weighted by molar-refractivity contribution is 6.51. The lowest BCUT2D eigenvalue weighted by molar-refractivity contribution is -0.132. The van der Waals surface area contributed by atoms with Crippen molar-refractivity contribution in [2.75, 3.05) is 25.7 Å². The van der Waals surface area contributed by atoms with Crippen molar-refractivity contribution >= 4 is 23.1 Å². The van der Waals surface area contributed by atoms with Crippen LogP contribution in [0.1, 0.15) is 30.5 Å². The van der Waals surface area contributed by atoms with E-state index in [1.165, 1.54) is 4.90 Å². The van der Waals surface area contributed by atoms with Gasteiger partial charge < -0.3 is 19.3 Å². The third-order valence-electron chi connectivity index (χ3n) is 5.81. The van der Waals surface area contributed by atoms with E-state index >= 15 is 0 Å². The van der Waals surface area contributed by atoms with Crippen molar-refractivity contribution in [3.63, 3.8) is 0 Å². The van der Waals surface area contributed by atoms with Crippen LogP contribution in [0.3, 0.4) is 0 Å². The number of Topliss-reactive ketones (excluding diaryl/α,β-unsaturated/α-hetero) is 1. The molecule has 3 aromatic carbocycles. The molecule has 1 saturated heterocycles. The number of hydrogen-bond acceptors (Lipinski definition) is 6. The lowest BCUT2D eigenvalue weighted by Crippen LogP contribution is -2.29. The monoisotopic (exact) mass is 473 g/mol. The normalized spacial score (nSPS) is 16.9. The summed E-state index contributed by atoms with van der Waals surface area (Å²) in [6, 6.07) is 19.9. The molecule has 1 heterocycles. The maximum atomic E-state index is 13.3. The van der Waals surface area contributed by atoms with E-state index in [0.29, 0.717) is 40.7 Å². The molecule has 1 fully saturated rings. The highest BCUT2D eigenvalue weighted by Gasteiger charge is 2.47. The predicted octanol–water partition coefficient (Wildman–Crippen LogP) is 5.12. The number of benzene rings is 3. The van der Waals surface area contributed by atoms with Crippen LogP contribution in [0.15, 0.2) is 78.4 Å². The van der Waals surface area contributed by atoms with Crippen molar-refractivity contribution in [3.05, 3.63) is 89.5 Å². The number of amides is 1. The van der Waals surface area contributed by atoms with E-state index in [9.17, 15) is 14.7 Å². The predicted molar refractivity (Wildman–Crippen MR) is 133 cm³/mol. The highest BCUT2D eigenvalue weighted by atomic mass is 16.5. The van der Waals surface area contributed by atoms with Gasteiger partial charge in [0.25, 0.3) is 11.7 Å². The number of nitrogens with zero attached hydrogens (tertiary/aromatic N) is 1. The summed E-state index contributed by atoms with van der Waals surface area (Å²) in [5.41, 5.74) is 1.56. The Bertz CT molecular complexity index is 1250. The minimum atomic E-state index is -0.851. The van der Waals surface area contributed by atoms with Crippen LogP contribution in [0.5, 0.6) is 17.2 Å². The molecule has 1 atom stereocenters. The Morgan fingerprint density at radius 1 is 0.886 bits per heavy atom. The molecule has 4 rings (SSSR count). The second kappa shape index (κ2) is 10.3. The minimum Gasteiger partial charge on any atom is -0.507 e. The van der Waals surface area contributed by atoms with E-state index in [1.54, 1.807) is 68.8 Å². The first-order valence-corrected chi connectivity index (χ1v) is 11.3. The van der Waals surface area contributed by atoms with Crippen molar-refractivity contribution in [2.24, 2.45) is 0 Å². The first-order valence-electron chi connectivity index (χ1n) is 11.3. The molecular weight excluding hydrogens is 446 g/mol. The molecule has 0 aromatic heterocycles. The molecule has 1 unspecified atom stereocenters. The smallest absolute Gasteiger partial charge is 0.300 e. The third kappa shape index (κ3) is 4.71. The molecule has 7 nitrogen and oxygen atoms in total. The number of aliphatic hydroxyl groups excluding tert-OH is 1. The molecule has 35 heavy (non-hydrogen) atoms. The Hall–Kier alpha value is -4.26. The summed E-state index contributed by atoms with van der Waals surface area (Å²) < 4.78 is 16.2. The zero-order valence-corrected chi connectivity index (χ0v) is 19.9. The Balaban J connectivity index is 1.88. The maximum absolute atomic E-state index is 13.3. The van der Waals surface area contributed by atoms with E-state index in [4.69, 9.17) is 14.2 Å². The molecule has 0 bridgehead atoms. The number of anilines is 1. The number of ether oxygens (including phenoxy) is 3. The molecular formula is C28H27NO6. The van der Waals surface area contributed by atoms with Gasteiger partial charge in [-0.3, -0.25) is 14.5 Å². The zero-order chi connectivity index (χ0) is 24.9. The van der Waals surface area contributed by atoms with Gasteiger partial charge in [-0.2, -0.15) is 0 Å². The summed E-state index contributed by atoms with van der Waals surface area (Å²) >= 11 is 0. The Morgan fingerprint density at radius 2 is 1.51 bits per heavy atom. The number of hydrogen-bond donors (Lipinski definition) is 1. The minimum absolute atomic E-state index is 0.00336. The average molecular weight is 474 g/mol. The molecule has 3 aromatic rings. The average Bonchev–Trinajstić information content (AvgIpc) is 3.17. The summed E-state index contributed by atoms with van der Waals surface area (Å²) in [6.45, 7) is 2.55. The van der Waals surface area contributed by atoms with Gasteiger partial charge in [0.1, 0.15) is 23.0 Å². The number of ketones is 1. The highest BCUT2D eigenvalue weighted by Crippen LogP contribution is 2.43. The van der Waals surface area contributed by atoms with Crippen LogP contribution < -0.4 is 19.1 Å². The Labute approximate surface area is 204 Å². The van der Waals surface area contributed by atoms with Gasteiger partial charge in [0.05, 0.1) is 32.4 Å². The van der Waals surface area contributed by atoms with Crippen LogP contribution in [0.2, 0.25) is 0 Å². The number of methoxy groups -OCH3 is 2. The Kier molecular flexibility index (Phi) is 7.06. The van der Waals surface area contributed by atoms with E-state index in [0.717, 1.165) is 6.42 Å². The van der Waals surface area contributed by atoms with Gasteiger partial charge in [-0.25, -0.2) is 0 Å². The van der Waals surface area contributed by atoms with Gasteiger partial charge >= 0.3 is 0 Å². The van der Waals surface area contributed by atoms with Crippen LogP contribution in [0.4, 0.5) is 5.69 Å². The molecule has 0 saturated carbocycles. The van der Waals surface area contributed by atoms with Gasteiger partial charge in [0.15, 0.2) is 0 Å². The maximum Gasteiger partial charge on any atom is 0.300 e. The first-order chi connectivity index (χ1) is 17.0. The largest absolute Gasteiger partial charge is 0.507 e. The molecule has 1 aliphatic rings. The molecule has 7 heteroatoms. The first kappa shape index (κ1) is 23.9. The summed E-state index contributed by atoms with van der Waals surface area (Å²) in [4.78, 5) is 28.0. The molecule has 0 radical (unpaired) electrons. The van der Waals surface area contributed by atoms with E-state index in [-0.39, 0.29) is 11.3 Å². The number of aliphatic hydroxyl groups is 1. The fourth-order valence-corrected chi connectivity index (χ4v) is 4.06. The van der Waals surface area contributed by atoms with Gasteiger partial charge in [0.2, 0.25) is 0 Å². The lowest BCUT2D eigenvalue weighted by Gasteiger charge is -2.26. The van der Waals surface area contributed by atoms with Gasteiger partial charge in [-0.15, -0.1) is 0 Å². The quantitative estimate of drug-likeness (QED) is 0.278. The van der Waals surface area contributed by atoms with Gasteiger partial charge in [-0.1, -0.05) is 19.1 Å². The number of carbonyl (C=O) groups excluding carboxylic acids is 2. The topological polar surface area (TPSA) is 85.3 Å². The second-order valence-corrected chi connectivity index (χ2v) is 8.02. The molecule has 180 valence electrons. The molecule has 1 amide bonds. The van der Waals surface area contributed by atoms with Crippen molar-refractivity contribution in [2.45, 2.75) is 19.4 Å². The second-order valence-electron chi connectivity index (χ2n) is 8.02. The molecule has 0 spiro atoms. The van der Waals surface area contributed by atoms with Crippen LogP contribution in [-0.4, -0.2) is 37.6 Å². The summed E-state index contributed by atoms with van der Waals surface area (Å²) in [6.07, 6.45) is 0.839. The molecule has 1 N–H and O–H groups in total. The SMILES string of the molecule is CCCOc1cccc(C2/C(=C(/O)c3ccc(OC)cc3)C(=O)C(=O)N2c2ccc(OC)cc2)c1. The fourth-order valence-electron chi connectivity index (χ4n) is 4.06. The lowest BCUT2D eigenvalue weighted by atomic mass is 9.95. The van der Waals surface area contributed by atoms with Gasteiger partial charge in [-0.05, 0) is 72.6 Å². The van der Waals surface area contributed by atoms with Gasteiger partial charge in [0, 0.05) is 11.3 Å². The van der Waals surface area contributed by atoms with E-state index < -0.39 is 17.7 Å². The van der Waals surface area contributed by atoms with Crippen molar-refractivity contribution < 1.29 is 28.9 Å². The van der Waals surface area contributed by atoms with Crippen LogP contribution in [0.25, 0.3) is 5.76 Å². The van der Waals surface area contributed by atoms with Crippen molar-refractivity contribution in [1.82, 2.24) is 0 Å². The molecule has 0 aliphatic carbocycles. The van der Waals surface area contributed by atoms with Crippen LogP contribution in [0, 0.1) is 0 Å². The number of carbonyl (C=O) groups is 2. The van der Waals surface area contributed by atoms with Crippen molar-refractivity contribution in [3.8, 4) is 17.2 Å². The zero-order valence-electron chi connectivity index (χ0n) is 19.9. The van der Waals surface area contributed by atoms with Crippen molar-refractivity contribution in [1.29, 1.82) is 0 Å². The van der Waals surface area contributed by atoms with Crippen LogP contribution in [-0.2, 0) is 9.59 Å². The Morgan fingerprint density at radius 3 is 2.11 bits per heavy atom. The fraction of sp³-hybridized carbons (Fsp3) is 0.214. The summed E-state index contributed by atoms with van der Waals surface area (Å²) in [5.74, 6) is 0.0998. The van der Waals surface area contributed by atoms with E-state index in [1.807, 2.05) is 25.1 Å². The van der Waals surface area contributed by atoms with E-state index in [2.05, 4.69) is 0 Å². The summed E-state index contributed by atoms with van der Waals surface area (Å²) in [5, 5.41) is 11.2. The molecule has 1 aliphatic heterocycles.